The summed E-state index contributed by atoms with van der Waals surface area (Å²) in [6, 6.07) is 0. The molecule has 0 saturated carbocycles. The fourth-order valence-corrected chi connectivity index (χ4v) is 0.968. The molecule has 0 bridgehead atoms. The molecule has 0 aromatic carbocycles. The quantitative estimate of drug-likeness (QED) is 0.644. The van der Waals surface area contributed by atoms with Crippen LogP contribution in [0.25, 0.3) is 0 Å². The third kappa shape index (κ3) is 3.25. The van der Waals surface area contributed by atoms with Gasteiger partial charge in [-0.05, 0) is 12.5 Å². The molecule has 1 heterocycles. The molecule has 1 amide bonds. The Labute approximate surface area is 76.9 Å². The molecule has 5 heteroatoms. The number of rotatable bonds is 4. The molecule has 0 radical (unpaired) electrons. The third-order valence-electron chi connectivity index (χ3n) is 1.53. The Morgan fingerprint density at radius 2 is 2.54 bits per heavy atom. The van der Waals surface area contributed by atoms with E-state index in [1.807, 2.05) is 13.1 Å². The van der Waals surface area contributed by atoms with Gasteiger partial charge in [0, 0.05) is 19.3 Å². The van der Waals surface area contributed by atoms with Crippen LogP contribution in [-0.2, 0) is 11.3 Å². The molecule has 0 atom stereocenters. The number of aryl methyl sites for hydroxylation is 1. The topological polar surface area (TPSA) is 72.9 Å². The second-order valence-electron chi connectivity index (χ2n) is 2.85. The molecular formula is C8H14N4O. The molecule has 0 unspecified atom stereocenters. The molecule has 13 heavy (non-hydrogen) atoms. The Balaban J connectivity index is 2.36. The van der Waals surface area contributed by atoms with Crippen molar-refractivity contribution in [3.63, 3.8) is 0 Å². The van der Waals surface area contributed by atoms with Crippen LogP contribution in [0.1, 0.15) is 5.56 Å². The smallest absolute Gasteiger partial charge is 0.241 e. The molecule has 0 fully saturated rings. The Hall–Kier alpha value is -1.36. The van der Waals surface area contributed by atoms with E-state index in [2.05, 4.69) is 10.4 Å². The van der Waals surface area contributed by atoms with E-state index < -0.39 is 0 Å². The normalized spacial score (nSPS) is 10.0. The number of nitrogens with one attached hydrogen (secondary N) is 1. The minimum Gasteiger partial charge on any atom is -0.353 e. The summed E-state index contributed by atoms with van der Waals surface area (Å²) in [5, 5.41) is 6.65. The van der Waals surface area contributed by atoms with Gasteiger partial charge in [-0.3, -0.25) is 9.48 Å². The molecule has 0 spiro atoms. The summed E-state index contributed by atoms with van der Waals surface area (Å²) in [5.41, 5.74) is 6.28. The molecule has 0 saturated heterocycles. The van der Waals surface area contributed by atoms with Crippen molar-refractivity contribution >= 4 is 5.91 Å². The average molecular weight is 182 g/mol. The van der Waals surface area contributed by atoms with Crippen LogP contribution in [0.4, 0.5) is 0 Å². The van der Waals surface area contributed by atoms with Gasteiger partial charge in [-0.2, -0.15) is 5.10 Å². The van der Waals surface area contributed by atoms with Gasteiger partial charge in [0.15, 0.2) is 0 Å². The van der Waals surface area contributed by atoms with Gasteiger partial charge in [-0.1, -0.05) is 0 Å². The van der Waals surface area contributed by atoms with Crippen molar-refractivity contribution < 1.29 is 4.79 Å². The van der Waals surface area contributed by atoms with E-state index in [9.17, 15) is 4.79 Å². The second kappa shape index (κ2) is 4.61. The molecular weight excluding hydrogens is 168 g/mol. The van der Waals surface area contributed by atoms with Crippen molar-refractivity contribution in [2.75, 3.05) is 13.1 Å². The van der Waals surface area contributed by atoms with Gasteiger partial charge in [-0.15, -0.1) is 0 Å². The molecule has 0 aliphatic carbocycles. The highest BCUT2D eigenvalue weighted by molar-refractivity contribution is 5.75. The molecule has 0 aliphatic rings. The van der Waals surface area contributed by atoms with Crippen molar-refractivity contribution in [1.29, 1.82) is 0 Å². The number of nitrogens with two attached hydrogens (primary N) is 1. The largest absolute Gasteiger partial charge is 0.353 e. The molecule has 1 aromatic heterocycles. The zero-order valence-electron chi connectivity index (χ0n) is 7.66. The predicted octanol–water partition coefficient (Wildman–Crippen LogP) is -0.734. The number of hydrogen-bond donors (Lipinski definition) is 2. The predicted molar refractivity (Wildman–Crippen MR) is 49.0 cm³/mol. The van der Waals surface area contributed by atoms with Crippen molar-refractivity contribution in [2.45, 2.75) is 13.5 Å². The first kappa shape index (κ1) is 9.73. The maximum absolute atomic E-state index is 11.2. The lowest BCUT2D eigenvalue weighted by Crippen LogP contribution is -2.31. The summed E-state index contributed by atoms with van der Waals surface area (Å²) in [7, 11) is 0. The summed E-state index contributed by atoms with van der Waals surface area (Å²) >= 11 is 0. The van der Waals surface area contributed by atoms with Gasteiger partial charge in [0.05, 0.1) is 6.20 Å². The fourth-order valence-electron chi connectivity index (χ4n) is 0.968. The average Bonchev–Trinajstić information content (AvgIpc) is 2.48. The minimum absolute atomic E-state index is 0.0615. The fraction of sp³-hybridized carbons (Fsp3) is 0.500. The van der Waals surface area contributed by atoms with Crippen LogP contribution in [0.2, 0.25) is 0 Å². The number of carbonyl (C=O) groups is 1. The Bertz CT molecular complexity index is 281. The SMILES string of the molecule is Cc1cnn(CC(=O)NCCN)c1. The van der Waals surface area contributed by atoms with Crippen molar-refractivity contribution in [2.24, 2.45) is 5.73 Å². The van der Waals surface area contributed by atoms with Crippen LogP contribution in [0.3, 0.4) is 0 Å². The summed E-state index contributed by atoms with van der Waals surface area (Å²) < 4.78 is 1.60. The molecule has 1 aromatic rings. The van der Waals surface area contributed by atoms with E-state index in [4.69, 9.17) is 5.73 Å². The standard InChI is InChI=1S/C8H14N4O/c1-7-4-11-12(5-7)6-8(13)10-3-2-9/h4-5H,2-3,6,9H2,1H3,(H,10,13). The van der Waals surface area contributed by atoms with E-state index in [0.717, 1.165) is 5.56 Å². The Morgan fingerprint density at radius 3 is 3.08 bits per heavy atom. The summed E-state index contributed by atoms with van der Waals surface area (Å²) in [6.07, 6.45) is 3.54. The monoisotopic (exact) mass is 182 g/mol. The van der Waals surface area contributed by atoms with E-state index in [-0.39, 0.29) is 12.5 Å². The molecule has 0 aliphatic heterocycles. The number of nitrogens with zero attached hydrogens (tertiary/aromatic N) is 2. The molecule has 1 rings (SSSR count). The Morgan fingerprint density at radius 1 is 1.77 bits per heavy atom. The van der Waals surface area contributed by atoms with E-state index >= 15 is 0 Å². The zero-order chi connectivity index (χ0) is 9.68. The van der Waals surface area contributed by atoms with Gasteiger partial charge >= 0.3 is 0 Å². The lowest BCUT2D eigenvalue weighted by atomic mass is 10.4. The van der Waals surface area contributed by atoms with Crippen LogP contribution in [0.5, 0.6) is 0 Å². The number of amides is 1. The highest BCUT2D eigenvalue weighted by Gasteiger charge is 2.01. The summed E-state index contributed by atoms with van der Waals surface area (Å²) in [6.45, 7) is 3.16. The van der Waals surface area contributed by atoms with Gasteiger partial charge in [0.2, 0.25) is 5.91 Å². The van der Waals surface area contributed by atoms with E-state index in [1.165, 1.54) is 0 Å². The van der Waals surface area contributed by atoms with Crippen molar-refractivity contribution in [3.05, 3.63) is 18.0 Å². The third-order valence-corrected chi connectivity index (χ3v) is 1.53. The highest BCUT2D eigenvalue weighted by Crippen LogP contribution is 1.93. The van der Waals surface area contributed by atoms with Crippen LogP contribution in [0.15, 0.2) is 12.4 Å². The Kier molecular flexibility index (Phi) is 3.45. The van der Waals surface area contributed by atoms with Gasteiger partial charge in [0.25, 0.3) is 0 Å². The van der Waals surface area contributed by atoms with Gasteiger partial charge in [0.1, 0.15) is 6.54 Å². The van der Waals surface area contributed by atoms with E-state index in [1.54, 1.807) is 10.9 Å². The van der Waals surface area contributed by atoms with Crippen LogP contribution < -0.4 is 11.1 Å². The van der Waals surface area contributed by atoms with Gasteiger partial charge in [-0.25, -0.2) is 0 Å². The van der Waals surface area contributed by atoms with Crippen molar-refractivity contribution in [1.82, 2.24) is 15.1 Å². The van der Waals surface area contributed by atoms with Crippen LogP contribution in [-0.4, -0.2) is 28.8 Å². The first-order valence-electron chi connectivity index (χ1n) is 4.18. The first-order chi connectivity index (χ1) is 6.22. The summed E-state index contributed by atoms with van der Waals surface area (Å²) in [4.78, 5) is 11.2. The van der Waals surface area contributed by atoms with Crippen LogP contribution in [0, 0.1) is 6.92 Å². The van der Waals surface area contributed by atoms with Crippen LogP contribution >= 0.6 is 0 Å². The maximum Gasteiger partial charge on any atom is 0.241 e. The lowest BCUT2D eigenvalue weighted by molar-refractivity contribution is -0.121. The zero-order valence-corrected chi connectivity index (χ0v) is 7.66. The number of hydrogen-bond acceptors (Lipinski definition) is 3. The van der Waals surface area contributed by atoms with Gasteiger partial charge < -0.3 is 11.1 Å². The highest BCUT2D eigenvalue weighted by atomic mass is 16.2. The minimum atomic E-state index is -0.0615. The molecule has 72 valence electrons. The molecule has 5 nitrogen and oxygen atoms in total. The lowest BCUT2D eigenvalue weighted by Gasteiger charge is -2.02. The summed E-state index contributed by atoms with van der Waals surface area (Å²) in [5.74, 6) is -0.0615. The maximum atomic E-state index is 11.2. The second-order valence-corrected chi connectivity index (χ2v) is 2.85. The number of carbonyl (C=O) groups excluding carboxylic acids is 1. The molecule has 3 N–H and O–H groups in total. The number of aromatic nitrogens is 2. The van der Waals surface area contributed by atoms with E-state index in [0.29, 0.717) is 13.1 Å². The van der Waals surface area contributed by atoms with Crippen molar-refractivity contribution in [3.8, 4) is 0 Å². The first-order valence-corrected chi connectivity index (χ1v) is 4.18.